The van der Waals surface area contributed by atoms with Gasteiger partial charge in [0.05, 0.1) is 0 Å². The average Bonchev–Trinajstić information content (AvgIpc) is 3.30. The van der Waals surface area contributed by atoms with Gasteiger partial charge in [-0.3, -0.25) is 4.90 Å². The van der Waals surface area contributed by atoms with Crippen LogP contribution in [0.15, 0.2) is 61.8 Å². The number of anilines is 2. The predicted molar refractivity (Wildman–Crippen MR) is 192 cm³/mol. The predicted octanol–water partition coefficient (Wildman–Crippen LogP) is 7.84. The molecule has 0 unspecified atom stereocenters. The maximum Gasteiger partial charge on any atom is 0.123 e. The van der Waals surface area contributed by atoms with E-state index in [1.165, 1.54) is 34.6 Å². The second-order valence-corrected chi connectivity index (χ2v) is 12.1. The molecule has 45 heavy (non-hydrogen) atoms. The van der Waals surface area contributed by atoms with Crippen molar-refractivity contribution in [2.75, 3.05) is 56.9 Å². The Morgan fingerprint density at radius 3 is 2.51 bits per heavy atom. The van der Waals surface area contributed by atoms with Crippen LogP contribution in [0.25, 0.3) is 23.4 Å². The lowest BCUT2D eigenvalue weighted by Crippen LogP contribution is -2.47. The van der Waals surface area contributed by atoms with Gasteiger partial charge in [-0.25, -0.2) is 4.39 Å². The summed E-state index contributed by atoms with van der Waals surface area (Å²) in [4.78, 5) is 8.44. The molecule has 0 bridgehead atoms. The zero-order valence-electron chi connectivity index (χ0n) is 27.7. The summed E-state index contributed by atoms with van der Waals surface area (Å²) in [5.41, 5.74) is 18.3. The first-order chi connectivity index (χ1) is 21.6. The van der Waals surface area contributed by atoms with Crippen molar-refractivity contribution in [2.24, 2.45) is 0 Å². The van der Waals surface area contributed by atoms with E-state index in [1.807, 2.05) is 19.1 Å². The molecule has 1 aliphatic rings. The molecule has 0 spiro atoms. The Morgan fingerprint density at radius 1 is 1.02 bits per heavy atom. The van der Waals surface area contributed by atoms with Gasteiger partial charge in [0.25, 0.3) is 0 Å². The van der Waals surface area contributed by atoms with Crippen LogP contribution in [-0.4, -0.2) is 60.6 Å². The molecule has 3 aromatic rings. The second-order valence-electron chi connectivity index (χ2n) is 12.1. The number of aromatic nitrogens is 1. The molecule has 1 saturated heterocycles. The lowest BCUT2D eigenvalue weighted by Gasteiger charge is -2.37. The standard InChI is InChI=1S/C38H51FN6/c1-8-32-13-11-14-36(28(32)4)42-17-10-9-12-27(3)45-22-20-44(21-23-45)19-18-41-30(6)38-29(5)37(43-31(38)7)24-26(2)34-25-33(39)15-16-35(34)40/h8,11,13-16,24-25,41-43H,1,3,6,9-10,12,17-23,40H2,2,4-5,7H3/b26-24+. The van der Waals surface area contributed by atoms with E-state index in [9.17, 15) is 4.39 Å². The van der Waals surface area contributed by atoms with E-state index in [-0.39, 0.29) is 5.82 Å². The van der Waals surface area contributed by atoms with Gasteiger partial charge in [-0.05, 0) is 99.6 Å². The van der Waals surface area contributed by atoms with Crippen LogP contribution in [-0.2, 0) is 0 Å². The zero-order chi connectivity index (χ0) is 32.5. The second kappa shape index (κ2) is 15.7. The van der Waals surface area contributed by atoms with Gasteiger partial charge in [-0.1, -0.05) is 37.9 Å². The molecule has 2 aromatic carbocycles. The molecule has 0 saturated carbocycles. The van der Waals surface area contributed by atoms with E-state index in [2.05, 4.69) is 84.1 Å². The third-order valence-corrected chi connectivity index (χ3v) is 8.97. The lowest BCUT2D eigenvalue weighted by atomic mass is 10.0. The number of aromatic amines is 1. The summed E-state index contributed by atoms with van der Waals surface area (Å²) < 4.78 is 13.8. The maximum absolute atomic E-state index is 13.8. The molecule has 0 aliphatic carbocycles. The molecule has 6 nitrogen and oxygen atoms in total. The highest BCUT2D eigenvalue weighted by atomic mass is 19.1. The highest BCUT2D eigenvalue weighted by Gasteiger charge is 2.18. The monoisotopic (exact) mass is 610 g/mol. The van der Waals surface area contributed by atoms with Gasteiger partial charge in [0.15, 0.2) is 0 Å². The molecule has 2 heterocycles. The summed E-state index contributed by atoms with van der Waals surface area (Å²) in [6, 6.07) is 10.8. The third kappa shape index (κ3) is 8.70. The van der Waals surface area contributed by atoms with Gasteiger partial charge in [0.2, 0.25) is 0 Å². The number of unbranched alkanes of at least 4 members (excludes halogenated alkanes) is 1. The summed E-state index contributed by atoms with van der Waals surface area (Å²) in [6.45, 7) is 27.8. The first-order valence-corrected chi connectivity index (χ1v) is 16.1. The van der Waals surface area contributed by atoms with Crippen LogP contribution >= 0.6 is 0 Å². The van der Waals surface area contributed by atoms with Crippen molar-refractivity contribution >= 4 is 34.8 Å². The largest absolute Gasteiger partial charge is 0.398 e. The number of halogens is 1. The van der Waals surface area contributed by atoms with E-state index in [0.29, 0.717) is 11.3 Å². The number of H-pyrrole nitrogens is 1. The van der Waals surface area contributed by atoms with Crippen LogP contribution in [0, 0.1) is 26.6 Å². The number of nitrogens with one attached hydrogen (secondary N) is 3. The average molecular weight is 611 g/mol. The van der Waals surface area contributed by atoms with Crippen LogP contribution in [0.4, 0.5) is 15.8 Å². The highest BCUT2D eigenvalue weighted by Crippen LogP contribution is 2.29. The normalized spacial score (nSPS) is 14.0. The maximum atomic E-state index is 13.8. The topological polar surface area (TPSA) is 72.3 Å². The molecule has 1 aromatic heterocycles. The minimum absolute atomic E-state index is 0.294. The number of nitrogens with two attached hydrogens (primary N) is 1. The smallest absolute Gasteiger partial charge is 0.123 e. The van der Waals surface area contributed by atoms with Crippen LogP contribution in [0.1, 0.15) is 65.4 Å². The Hall–Kier alpha value is -4.23. The van der Waals surface area contributed by atoms with E-state index in [0.717, 1.165) is 98.9 Å². The number of rotatable bonds is 15. The zero-order valence-corrected chi connectivity index (χ0v) is 27.7. The van der Waals surface area contributed by atoms with Crippen LogP contribution in [0.3, 0.4) is 0 Å². The highest BCUT2D eigenvalue weighted by molar-refractivity contribution is 5.86. The first kappa shape index (κ1) is 33.7. The van der Waals surface area contributed by atoms with E-state index < -0.39 is 0 Å². The van der Waals surface area contributed by atoms with Crippen molar-refractivity contribution in [3.63, 3.8) is 0 Å². The number of nitrogens with zero attached hydrogens (tertiary/aromatic N) is 2. The minimum atomic E-state index is -0.294. The molecule has 1 fully saturated rings. The van der Waals surface area contributed by atoms with Crippen LogP contribution in [0.2, 0.25) is 0 Å². The van der Waals surface area contributed by atoms with Gasteiger partial charge in [0.1, 0.15) is 5.82 Å². The number of benzene rings is 2. The van der Waals surface area contributed by atoms with Gasteiger partial charge in [-0.2, -0.15) is 0 Å². The van der Waals surface area contributed by atoms with Gasteiger partial charge < -0.3 is 26.3 Å². The molecular weight excluding hydrogens is 559 g/mol. The van der Waals surface area contributed by atoms with E-state index >= 15 is 0 Å². The molecule has 240 valence electrons. The molecule has 7 heteroatoms. The van der Waals surface area contributed by atoms with Gasteiger partial charge in [-0.15, -0.1) is 0 Å². The quantitative estimate of drug-likeness (QED) is 0.104. The van der Waals surface area contributed by atoms with Gasteiger partial charge >= 0.3 is 0 Å². The van der Waals surface area contributed by atoms with Crippen molar-refractivity contribution in [2.45, 2.75) is 47.0 Å². The number of allylic oxidation sites excluding steroid dienone is 2. The number of aryl methyl sites for hydroxylation is 1. The molecule has 4 rings (SSSR count). The Balaban J connectivity index is 1.17. The number of nitrogen functional groups attached to an aromatic ring is 1. The fourth-order valence-electron chi connectivity index (χ4n) is 6.18. The van der Waals surface area contributed by atoms with Crippen LogP contribution < -0.4 is 16.4 Å². The van der Waals surface area contributed by atoms with Crippen molar-refractivity contribution in [1.29, 1.82) is 0 Å². The summed E-state index contributed by atoms with van der Waals surface area (Å²) in [5, 5.41) is 7.13. The molecule has 0 atom stereocenters. The summed E-state index contributed by atoms with van der Waals surface area (Å²) in [7, 11) is 0. The van der Waals surface area contributed by atoms with Crippen molar-refractivity contribution in [3.8, 4) is 0 Å². The van der Waals surface area contributed by atoms with E-state index in [1.54, 1.807) is 6.07 Å². The van der Waals surface area contributed by atoms with Gasteiger partial charge in [0, 0.05) is 91.1 Å². The molecular formula is C38H51FN6. The van der Waals surface area contributed by atoms with Crippen molar-refractivity contribution < 1.29 is 4.39 Å². The number of hydrogen-bond donors (Lipinski definition) is 4. The Bertz CT molecular complexity index is 1540. The van der Waals surface area contributed by atoms with Crippen LogP contribution in [0.5, 0.6) is 0 Å². The number of piperazine rings is 1. The third-order valence-electron chi connectivity index (χ3n) is 8.97. The summed E-state index contributed by atoms with van der Waals surface area (Å²) in [6.07, 6.45) is 7.22. The van der Waals surface area contributed by atoms with Crippen molar-refractivity contribution in [1.82, 2.24) is 20.1 Å². The molecule has 0 amide bonds. The Kier molecular flexibility index (Phi) is 11.7. The lowest BCUT2D eigenvalue weighted by molar-refractivity contribution is 0.158. The SMILES string of the molecule is C=Cc1cccc(NCCCCC(=C)N2CCN(CCNC(=C)c3c(C)[nH]c(/C=C(\C)c4cc(F)ccc4N)c3C)CC2)c1C. The summed E-state index contributed by atoms with van der Waals surface area (Å²) in [5.74, 6) is -0.294. The molecule has 1 aliphatic heterocycles. The fourth-order valence-corrected chi connectivity index (χ4v) is 6.18. The molecule has 5 N–H and O–H groups in total. The minimum Gasteiger partial charge on any atom is -0.398 e. The molecule has 0 radical (unpaired) electrons. The number of hydrogen-bond acceptors (Lipinski definition) is 5. The Morgan fingerprint density at radius 2 is 1.78 bits per heavy atom. The fraction of sp³-hybridized carbons (Fsp3) is 0.368. The first-order valence-electron chi connectivity index (χ1n) is 16.1. The van der Waals surface area contributed by atoms with E-state index in [4.69, 9.17) is 5.73 Å². The van der Waals surface area contributed by atoms with Crippen molar-refractivity contribution in [3.05, 3.63) is 107 Å². The Labute approximate surface area is 269 Å². The summed E-state index contributed by atoms with van der Waals surface area (Å²) >= 11 is 0.